The summed E-state index contributed by atoms with van der Waals surface area (Å²) in [6.45, 7) is 4.79. The van der Waals surface area contributed by atoms with Crippen LogP contribution in [0.1, 0.15) is 38.3 Å². The molecular formula is C28H28F5N3O5. The SMILES string of the molecule is CC(C)(C)OC(=O)N[C@H](Cc1ccc2ccccc2c1)C(=O)N[C@@H](CC(=O)NO)Cc1c(F)c(F)c(F)c(F)c1F. The number of fused-ring (bicyclic) bond motifs is 1. The Morgan fingerprint density at radius 2 is 1.41 bits per heavy atom. The Hall–Kier alpha value is -4.26. The van der Waals surface area contributed by atoms with Crippen molar-refractivity contribution in [3.8, 4) is 0 Å². The van der Waals surface area contributed by atoms with Gasteiger partial charge in [-0.25, -0.2) is 32.2 Å². The number of benzene rings is 3. The van der Waals surface area contributed by atoms with E-state index in [2.05, 4.69) is 10.6 Å². The average molecular weight is 582 g/mol. The molecule has 0 fully saturated rings. The first-order valence-electron chi connectivity index (χ1n) is 12.4. The summed E-state index contributed by atoms with van der Waals surface area (Å²) < 4.78 is 75.0. The molecule has 0 radical (unpaired) electrons. The number of hydrogen-bond donors (Lipinski definition) is 4. The predicted molar refractivity (Wildman–Crippen MR) is 137 cm³/mol. The number of amides is 3. The van der Waals surface area contributed by atoms with Crippen molar-refractivity contribution in [3.63, 3.8) is 0 Å². The fourth-order valence-corrected chi connectivity index (χ4v) is 4.08. The summed E-state index contributed by atoms with van der Waals surface area (Å²) in [7, 11) is 0. The van der Waals surface area contributed by atoms with E-state index in [1.54, 1.807) is 39.0 Å². The minimum absolute atomic E-state index is 0.0998. The smallest absolute Gasteiger partial charge is 0.408 e. The fraction of sp³-hybridized carbons (Fsp3) is 0.321. The number of carbonyl (C=O) groups is 3. The van der Waals surface area contributed by atoms with E-state index < -0.39 is 83.1 Å². The molecule has 0 unspecified atom stereocenters. The number of nitrogens with one attached hydrogen (secondary N) is 3. The maximum atomic E-state index is 14.4. The normalized spacial score (nSPS) is 12.9. The van der Waals surface area contributed by atoms with Crippen molar-refractivity contribution in [2.24, 2.45) is 0 Å². The van der Waals surface area contributed by atoms with Gasteiger partial charge in [0.2, 0.25) is 17.6 Å². The molecule has 0 spiro atoms. The molecule has 3 aromatic rings. The molecular weight excluding hydrogens is 553 g/mol. The Morgan fingerprint density at radius 3 is 2.00 bits per heavy atom. The van der Waals surface area contributed by atoms with Gasteiger partial charge in [0, 0.05) is 24.4 Å². The first-order valence-corrected chi connectivity index (χ1v) is 12.4. The van der Waals surface area contributed by atoms with Crippen molar-refractivity contribution in [3.05, 3.63) is 82.7 Å². The number of hydroxylamine groups is 1. The summed E-state index contributed by atoms with van der Waals surface area (Å²) in [4.78, 5) is 37.8. The number of rotatable bonds is 9. The second-order valence-corrected chi connectivity index (χ2v) is 10.3. The lowest BCUT2D eigenvalue weighted by Crippen LogP contribution is -2.52. The van der Waals surface area contributed by atoms with Gasteiger partial charge in [-0.1, -0.05) is 42.5 Å². The molecule has 0 aliphatic rings. The van der Waals surface area contributed by atoms with Crippen LogP contribution >= 0.6 is 0 Å². The van der Waals surface area contributed by atoms with Crippen LogP contribution < -0.4 is 16.1 Å². The highest BCUT2D eigenvalue weighted by molar-refractivity contribution is 5.87. The van der Waals surface area contributed by atoms with Crippen molar-refractivity contribution in [1.82, 2.24) is 16.1 Å². The highest BCUT2D eigenvalue weighted by Gasteiger charge is 2.31. The summed E-state index contributed by atoms with van der Waals surface area (Å²) in [5.41, 5.74) is -0.318. The van der Waals surface area contributed by atoms with Gasteiger partial charge < -0.3 is 15.4 Å². The summed E-state index contributed by atoms with van der Waals surface area (Å²) in [6, 6.07) is 9.72. The molecule has 0 bridgehead atoms. The Kier molecular flexibility index (Phi) is 9.87. The van der Waals surface area contributed by atoms with Gasteiger partial charge in [-0.05, 0) is 43.5 Å². The van der Waals surface area contributed by atoms with Crippen LogP contribution in [0.25, 0.3) is 10.8 Å². The summed E-state index contributed by atoms with van der Waals surface area (Å²) >= 11 is 0. The monoisotopic (exact) mass is 581 g/mol. The van der Waals surface area contributed by atoms with Crippen LogP contribution in [-0.4, -0.2) is 40.8 Å². The third-order valence-electron chi connectivity index (χ3n) is 5.92. The van der Waals surface area contributed by atoms with Crippen molar-refractivity contribution < 1.29 is 46.3 Å². The van der Waals surface area contributed by atoms with Crippen LogP contribution in [0.2, 0.25) is 0 Å². The highest BCUT2D eigenvalue weighted by atomic mass is 19.2. The molecule has 0 saturated heterocycles. The molecule has 220 valence electrons. The first-order chi connectivity index (χ1) is 19.2. The number of hydrogen-bond acceptors (Lipinski definition) is 5. The average Bonchev–Trinajstić information content (AvgIpc) is 2.91. The molecule has 3 aromatic carbocycles. The maximum Gasteiger partial charge on any atom is 0.408 e. The molecule has 41 heavy (non-hydrogen) atoms. The van der Waals surface area contributed by atoms with Gasteiger partial charge >= 0.3 is 6.09 Å². The van der Waals surface area contributed by atoms with E-state index in [4.69, 9.17) is 9.94 Å². The van der Waals surface area contributed by atoms with Crippen LogP contribution in [0.5, 0.6) is 0 Å². The van der Waals surface area contributed by atoms with Crippen LogP contribution in [0.4, 0.5) is 26.7 Å². The van der Waals surface area contributed by atoms with Crippen molar-refractivity contribution in [1.29, 1.82) is 0 Å². The Balaban J connectivity index is 1.93. The van der Waals surface area contributed by atoms with Gasteiger partial charge in [0.05, 0.1) is 0 Å². The molecule has 3 amide bonds. The summed E-state index contributed by atoms with van der Waals surface area (Å²) in [5.74, 6) is -13.1. The van der Waals surface area contributed by atoms with Crippen LogP contribution in [0.15, 0.2) is 42.5 Å². The lowest BCUT2D eigenvalue weighted by molar-refractivity contribution is -0.130. The van der Waals surface area contributed by atoms with E-state index in [1.165, 1.54) is 5.48 Å². The lowest BCUT2D eigenvalue weighted by Gasteiger charge is -2.26. The second-order valence-electron chi connectivity index (χ2n) is 10.3. The van der Waals surface area contributed by atoms with Crippen molar-refractivity contribution in [2.75, 3.05) is 0 Å². The fourth-order valence-electron chi connectivity index (χ4n) is 4.08. The van der Waals surface area contributed by atoms with E-state index in [9.17, 15) is 36.3 Å². The van der Waals surface area contributed by atoms with Crippen LogP contribution in [-0.2, 0) is 27.2 Å². The molecule has 0 heterocycles. The van der Waals surface area contributed by atoms with Crippen molar-refractivity contribution in [2.45, 2.75) is 57.7 Å². The van der Waals surface area contributed by atoms with E-state index in [1.807, 2.05) is 24.3 Å². The lowest BCUT2D eigenvalue weighted by atomic mass is 9.98. The van der Waals surface area contributed by atoms with E-state index >= 15 is 0 Å². The highest BCUT2D eigenvalue weighted by Crippen LogP contribution is 2.25. The molecule has 3 rings (SSSR count). The van der Waals surface area contributed by atoms with E-state index in [0.717, 1.165) is 10.8 Å². The minimum atomic E-state index is -2.37. The Bertz CT molecular complexity index is 1430. The van der Waals surface area contributed by atoms with Gasteiger partial charge in [0.25, 0.3) is 0 Å². The molecule has 4 N–H and O–H groups in total. The van der Waals surface area contributed by atoms with E-state index in [-0.39, 0.29) is 6.42 Å². The molecule has 0 aromatic heterocycles. The number of halogens is 5. The molecule has 13 heteroatoms. The zero-order valence-corrected chi connectivity index (χ0v) is 22.3. The predicted octanol–water partition coefficient (Wildman–Crippen LogP) is 4.59. The molecule has 0 aliphatic carbocycles. The largest absolute Gasteiger partial charge is 0.444 e. The van der Waals surface area contributed by atoms with E-state index in [0.29, 0.717) is 5.56 Å². The summed E-state index contributed by atoms with van der Waals surface area (Å²) in [5, 5.41) is 15.4. The Morgan fingerprint density at radius 1 is 0.829 bits per heavy atom. The second kappa shape index (κ2) is 12.9. The topological polar surface area (TPSA) is 117 Å². The quantitative estimate of drug-likeness (QED) is 0.0970. The van der Waals surface area contributed by atoms with Gasteiger partial charge in [-0.15, -0.1) is 0 Å². The maximum absolute atomic E-state index is 14.4. The molecule has 8 nitrogen and oxygen atoms in total. The zero-order valence-electron chi connectivity index (χ0n) is 22.3. The third-order valence-corrected chi connectivity index (χ3v) is 5.92. The number of ether oxygens (including phenoxy) is 1. The Labute approximate surface area is 231 Å². The standard InChI is InChI=1S/C28H28F5N3O5/c1-28(2,3)41-27(39)35-19(11-14-8-9-15-6-4-5-7-16(15)10-14)26(38)34-17(13-20(37)36-40)12-18-21(29)23(31)25(33)24(32)22(18)30/h4-10,17,19,40H,11-13H2,1-3H3,(H,34,38)(H,35,39)(H,36,37)/t17-,19-/m1/s1. The molecule has 0 saturated carbocycles. The zero-order chi connectivity index (χ0) is 30.5. The van der Waals surface area contributed by atoms with Crippen LogP contribution in [0, 0.1) is 29.1 Å². The molecule has 2 atom stereocenters. The van der Waals surface area contributed by atoms with Gasteiger partial charge in [-0.2, -0.15) is 0 Å². The van der Waals surface area contributed by atoms with Crippen molar-refractivity contribution >= 4 is 28.7 Å². The van der Waals surface area contributed by atoms with Gasteiger partial charge in [0.15, 0.2) is 23.3 Å². The third kappa shape index (κ3) is 8.13. The minimum Gasteiger partial charge on any atom is -0.444 e. The number of carbonyl (C=O) groups excluding carboxylic acids is 3. The molecule has 0 aliphatic heterocycles. The van der Waals surface area contributed by atoms with Gasteiger partial charge in [0.1, 0.15) is 11.6 Å². The van der Waals surface area contributed by atoms with Gasteiger partial charge in [-0.3, -0.25) is 14.8 Å². The first kappa shape index (κ1) is 31.3. The number of alkyl carbamates (subject to hydrolysis) is 1. The van der Waals surface area contributed by atoms with Crippen LogP contribution in [0.3, 0.4) is 0 Å². The summed E-state index contributed by atoms with van der Waals surface area (Å²) in [6.07, 6.45) is -2.89.